The second-order valence-electron chi connectivity index (χ2n) is 8.12. The SMILES string of the molecule is COc1ccc(-c2cc(C=CC(=O)Nc3ccc(O)cc3)cc3c2OC(C)(C)C=C3)cc1. The number of methoxy groups -OCH3 is 1. The van der Waals surface area contributed by atoms with Crippen LogP contribution in [0.15, 0.2) is 72.8 Å². The summed E-state index contributed by atoms with van der Waals surface area (Å²) >= 11 is 0. The van der Waals surface area contributed by atoms with Crippen LogP contribution in [0.25, 0.3) is 23.3 Å². The van der Waals surface area contributed by atoms with Gasteiger partial charge in [-0.3, -0.25) is 4.79 Å². The second-order valence-corrected chi connectivity index (χ2v) is 8.12. The van der Waals surface area contributed by atoms with Crippen molar-refractivity contribution in [1.82, 2.24) is 0 Å². The van der Waals surface area contributed by atoms with Gasteiger partial charge in [-0.1, -0.05) is 18.2 Å². The number of hydrogen-bond donors (Lipinski definition) is 2. The predicted molar refractivity (Wildman–Crippen MR) is 128 cm³/mol. The summed E-state index contributed by atoms with van der Waals surface area (Å²) in [5.41, 5.74) is 3.98. The van der Waals surface area contributed by atoms with Crippen molar-refractivity contribution in [2.75, 3.05) is 12.4 Å². The highest BCUT2D eigenvalue weighted by Gasteiger charge is 2.25. The van der Waals surface area contributed by atoms with E-state index in [9.17, 15) is 9.90 Å². The van der Waals surface area contributed by atoms with Crippen LogP contribution >= 0.6 is 0 Å². The van der Waals surface area contributed by atoms with Gasteiger partial charge in [0.1, 0.15) is 22.8 Å². The molecule has 0 aromatic heterocycles. The topological polar surface area (TPSA) is 67.8 Å². The summed E-state index contributed by atoms with van der Waals surface area (Å²) in [6.07, 6.45) is 7.35. The Kier molecular flexibility index (Phi) is 5.73. The number of anilines is 1. The summed E-state index contributed by atoms with van der Waals surface area (Å²) in [6, 6.07) is 18.2. The molecule has 5 nitrogen and oxygen atoms in total. The van der Waals surface area contributed by atoms with E-state index in [-0.39, 0.29) is 11.7 Å². The molecule has 1 aliphatic heterocycles. The average Bonchev–Trinajstić information content (AvgIpc) is 2.78. The number of hydrogen-bond acceptors (Lipinski definition) is 4. The van der Waals surface area contributed by atoms with Gasteiger partial charge in [-0.05, 0) is 85.7 Å². The van der Waals surface area contributed by atoms with Crippen LogP contribution < -0.4 is 14.8 Å². The Labute approximate surface area is 187 Å². The number of rotatable bonds is 5. The first-order valence-electron chi connectivity index (χ1n) is 10.3. The van der Waals surface area contributed by atoms with Gasteiger partial charge in [-0.25, -0.2) is 0 Å². The van der Waals surface area contributed by atoms with Crippen molar-refractivity contribution in [3.05, 3.63) is 83.9 Å². The highest BCUT2D eigenvalue weighted by Crippen LogP contribution is 2.41. The fourth-order valence-corrected chi connectivity index (χ4v) is 3.48. The molecule has 4 rings (SSSR count). The van der Waals surface area contributed by atoms with E-state index < -0.39 is 5.60 Å². The maximum absolute atomic E-state index is 12.4. The molecule has 0 unspecified atom stereocenters. The summed E-state index contributed by atoms with van der Waals surface area (Å²) in [5.74, 6) is 1.49. The molecule has 0 spiro atoms. The van der Waals surface area contributed by atoms with E-state index in [0.717, 1.165) is 33.8 Å². The molecule has 0 radical (unpaired) electrons. The molecule has 1 aliphatic rings. The monoisotopic (exact) mass is 427 g/mol. The number of amides is 1. The summed E-state index contributed by atoms with van der Waals surface area (Å²) in [6.45, 7) is 4.04. The first-order valence-corrected chi connectivity index (χ1v) is 10.3. The first-order chi connectivity index (χ1) is 15.3. The zero-order valence-electron chi connectivity index (χ0n) is 18.3. The second kappa shape index (κ2) is 8.63. The number of benzene rings is 3. The predicted octanol–water partition coefficient (Wildman–Crippen LogP) is 5.90. The van der Waals surface area contributed by atoms with Crippen LogP contribution in [-0.2, 0) is 4.79 Å². The molecule has 0 bridgehead atoms. The molecule has 162 valence electrons. The Morgan fingerprint density at radius 1 is 1.06 bits per heavy atom. The van der Waals surface area contributed by atoms with Crippen LogP contribution in [0.4, 0.5) is 5.69 Å². The number of nitrogens with one attached hydrogen (secondary N) is 1. The van der Waals surface area contributed by atoms with Gasteiger partial charge in [0.05, 0.1) is 7.11 Å². The van der Waals surface area contributed by atoms with Gasteiger partial charge in [-0.15, -0.1) is 0 Å². The molecule has 0 saturated carbocycles. The summed E-state index contributed by atoms with van der Waals surface area (Å²) < 4.78 is 11.6. The van der Waals surface area contributed by atoms with Crippen LogP contribution in [-0.4, -0.2) is 23.7 Å². The third-order valence-corrected chi connectivity index (χ3v) is 5.13. The smallest absolute Gasteiger partial charge is 0.248 e. The average molecular weight is 428 g/mol. The lowest BCUT2D eigenvalue weighted by atomic mass is 9.94. The van der Waals surface area contributed by atoms with Crippen LogP contribution in [0.1, 0.15) is 25.0 Å². The molecule has 1 amide bonds. The Hall–Kier alpha value is -3.99. The maximum Gasteiger partial charge on any atom is 0.248 e. The van der Waals surface area contributed by atoms with Crippen molar-refractivity contribution in [3.8, 4) is 28.4 Å². The van der Waals surface area contributed by atoms with Gasteiger partial charge in [0.2, 0.25) is 5.91 Å². The summed E-state index contributed by atoms with van der Waals surface area (Å²) in [7, 11) is 1.64. The molecule has 0 atom stereocenters. The van der Waals surface area contributed by atoms with Gasteiger partial charge < -0.3 is 19.9 Å². The van der Waals surface area contributed by atoms with E-state index in [1.807, 2.05) is 56.3 Å². The standard InChI is InChI=1S/C27H25NO4/c1-27(2)15-14-20-16-18(4-13-25(30)28-21-7-9-22(29)10-8-21)17-24(26(20)32-27)19-5-11-23(31-3)12-6-19/h4-17,29H,1-3H3,(H,28,30). The van der Waals surface area contributed by atoms with Crippen LogP contribution in [0.3, 0.4) is 0 Å². The third kappa shape index (κ3) is 4.83. The van der Waals surface area contributed by atoms with Crippen molar-refractivity contribution in [2.45, 2.75) is 19.4 Å². The fraction of sp³-hybridized carbons (Fsp3) is 0.148. The largest absolute Gasteiger partial charge is 0.508 e. The molecule has 0 aliphatic carbocycles. The Morgan fingerprint density at radius 2 is 1.78 bits per heavy atom. The Balaban J connectivity index is 1.66. The highest BCUT2D eigenvalue weighted by atomic mass is 16.5. The van der Waals surface area contributed by atoms with E-state index in [1.165, 1.54) is 18.2 Å². The van der Waals surface area contributed by atoms with Crippen molar-refractivity contribution in [1.29, 1.82) is 0 Å². The quantitative estimate of drug-likeness (QED) is 0.393. The molecule has 5 heteroatoms. The number of ether oxygens (including phenoxy) is 2. The minimum atomic E-state index is -0.407. The minimum Gasteiger partial charge on any atom is -0.508 e. The van der Waals surface area contributed by atoms with E-state index in [4.69, 9.17) is 9.47 Å². The fourth-order valence-electron chi connectivity index (χ4n) is 3.48. The molecule has 1 heterocycles. The van der Waals surface area contributed by atoms with Gasteiger partial charge >= 0.3 is 0 Å². The number of phenolic OH excluding ortho intramolecular Hbond substituents is 1. The Bertz CT molecular complexity index is 1190. The first kappa shape index (κ1) is 21.2. The number of carbonyl (C=O) groups excluding carboxylic acids is 1. The lowest BCUT2D eigenvalue weighted by molar-refractivity contribution is -0.111. The molecule has 32 heavy (non-hydrogen) atoms. The molecule has 0 saturated heterocycles. The molecule has 3 aromatic carbocycles. The van der Waals surface area contributed by atoms with Gasteiger partial charge in [0.15, 0.2) is 0 Å². The van der Waals surface area contributed by atoms with E-state index >= 15 is 0 Å². The molecule has 0 fully saturated rings. The lowest BCUT2D eigenvalue weighted by Gasteiger charge is -2.30. The van der Waals surface area contributed by atoms with E-state index in [1.54, 1.807) is 25.3 Å². The van der Waals surface area contributed by atoms with Crippen LogP contribution in [0.2, 0.25) is 0 Å². The van der Waals surface area contributed by atoms with Crippen molar-refractivity contribution >= 4 is 23.7 Å². The Morgan fingerprint density at radius 3 is 2.47 bits per heavy atom. The van der Waals surface area contributed by atoms with Crippen LogP contribution in [0.5, 0.6) is 17.2 Å². The zero-order chi connectivity index (χ0) is 22.7. The zero-order valence-corrected chi connectivity index (χ0v) is 18.3. The summed E-state index contributed by atoms with van der Waals surface area (Å²) in [4.78, 5) is 12.4. The highest BCUT2D eigenvalue weighted by molar-refractivity contribution is 6.02. The van der Waals surface area contributed by atoms with Gasteiger partial charge in [-0.2, -0.15) is 0 Å². The number of aromatic hydroxyl groups is 1. The number of fused-ring (bicyclic) bond motifs is 1. The number of carbonyl (C=O) groups is 1. The maximum atomic E-state index is 12.4. The number of phenols is 1. The molecular formula is C27H25NO4. The van der Waals surface area contributed by atoms with Crippen LogP contribution in [0, 0.1) is 0 Å². The van der Waals surface area contributed by atoms with Crippen molar-refractivity contribution < 1.29 is 19.4 Å². The molecular weight excluding hydrogens is 402 g/mol. The molecule has 3 aromatic rings. The van der Waals surface area contributed by atoms with Gasteiger partial charge in [0, 0.05) is 22.9 Å². The van der Waals surface area contributed by atoms with E-state index in [0.29, 0.717) is 5.69 Å². The lowest BCUT2D eigenvalue weighted by Crippen LogP contribution is -2.27. The van der Waals surface area contributed by atoms with E-state index in [2.05, 4.69) is 11.4 Å². The van der Waals surface area contributed by atoms with Gasteiger partial charge in [0.25, 0.3) is 0 Å². The molecule has 2 N–H and O–H groups in total. The summed E-state index contributed by atoms with van der Waals surface area (Å²) in [5, 5.41) is 12.2. The van der Waals surface area contributed by atoms with Crippen molar-refractivity contribution in [2.24, 2.45) is 0 Å². The van der Waals surface area contributed by atoms with Crippen molar-refractivity contribution in [3.63, 3.8) is 0 Å². The normalized spacial score (nSPS) is 14.0. The third-order valence-electron chi connectivity index (χ3n) is 5.13. The minimum absolute atomic E-state index is 0.150.